The average Bonchev–Trinajstić information content (AvgIpc) is 2.61. The first-order chi connectivity index (χ1) is 13.8. The van der Waals surface area contributed by atoms with E-state index in [0.717, 1.165) is 0 Å². The lowest BCUT2D eigenvalue weighted by Gasteiger charge is -2.58. The van der Waals surface area contributed by atoms with Crippen LogP contribution in [-0.2, 0) is 14.3 Å². The molecule has 0 aromatic rings. The van der Waals surface area contributed by atoms with Crippen molar-refractivity contribution >= 4 is 5.97 Å². The number of hydrogen-bond donors (Lipinski definition) is 1. The molecule has 4 nitrogen and oxygen atoms in total. The molecule has 0 spiro atoms. The Balaban J connectivity index is 2.87. The standard InChI is InChI=1S/C17H18F10O4/c1-8(2)10(28)30-16(17(25,26)27)15(23,24)12(29,9-6-4-3-5-7-9)13(18,19)11(31-16)14(20,21)22/h9,11,29H,1,3-7H2,2H3. The molecule has 3 atom stereocenters. The van der Waals surface area contributed by atoms with Crippen LogP contribution in [-0.4, -0.2) is 52.8 Å². The van der Waals surface area contributed by atoms with Crippen LogP contribution in [0.15, 0.2) is 12.2 Å². The zero-order chi connectivity index (χ0) is 24.3. The zero-order valence-corrected chi connectivity index (χ0v) is 15.8. The van der Waals surface area contributed by atoms with Crippen LogP contribution in [0, 0.1) is 5.92 Å². The van der Waals surface area contributed by atoms with Crippen molar-refractivity contribution in [2.45, 2.75) is 80.7 Å². The number of halogens is 10. The van der Waals surface area contributed by atoms with Crippen molar-refractivity contribution in [1.82, 2.24) is 0 Å². The molecule has 0 bridgehead atoms. The summed E-state index contributed by atoms with van der Waals surface area (Å²) in [4.78, 5) is 11.7. The quantitative estimate of drug-likeness (QED) is 0.358. The number of esters is 1. The number of ether oxygens (including phenoxy) is 2. The fourth-order valence-electron chi connectivity index (χ4n) is 3.90. The second-order valence-electron chi connectivity index (χ2n) is 7.62. The van der Waals surface area contributed by atoms with Gasteiger partial charge in [0.1, 0.15) is 0 Å². The average molecular weight is 476 g/mol. The van der Waals surface area contributed by atoms with Crippen molar-refractivity contribution in [3.05, 3.63) is 12.2 Å². The molecule has 1 saturated heterocycles. The van der Waals surface area contributed by atoms with E-state index < -0.39 is 72.0 Å². The molecule has 1 heterocycles. The van der Waals surface area contributed by atoms with Gasteiger partial charge in [0.25, 0.3) is 0 Å². The second-order valence-corrected chi connectivity index (χ2v) is 7.62. The molecule has 2 aliphatic rings. The highest BCUT2D eigenvalue weighted by Gasteiger charge is 2.93. The smallest absolute Gasteiger partial charge is 0.414 e. The van der Waals surface area contributed by atoms with E-state index in [0.29, 0.717) is 6.92 Å². The summed E-state index contributed by atoms with van der Waals surface area (Å²) in [7, 11) is 0. The van der Waals surface area contributed by atoms with Gasteiger partial charge in [-0.1, -0.05) is 25.8 Å². The third kappa shape index (κ3) is 3.58. The van der Waals surface area contributed by atoms with Gasteiger partial charge in [0.2, 0.25) is 11.7 Å². The van der Waals surface area contributed by atoms with Crippen molar-refractivity contribution in [3.8, 4) is 0 Å². The largest absolute Gasteiger partial charge is 0.462 e. The minimum absolute atomic E-state index is 0.110. The normalized spacial score (nSPS) is 34.3. The number of alkyl halides is 10. The third-order valence-corrected chi connectivity index (χ3v) is 5.46. The van der Waals surface area contributed by atoms with Crippen LogP contribution >= 0.6 is 0 Å². The van der Waals surface area contributed by atoms with Crippen LogP contribution in [0.4, 0.5) is 43.9 Å². The van der Waals surface area contributed by atoms with Gasteiger partial charge in [-0.2, -0.15) is 43.9 Å². The highest BCUT2D eigenvalue weighted by Crippen LogP contribution is 2.65. The third-order valence-electron chi connectivity index (χ3n) is 5.46. The Morgan fingerprint density at radius 2 is 1.52 bits per heavy atom. The highest BCUT2D eigenvalue weighted by atomic mass is 19.4. The summed E-state index contributed by atoms with van der Waals surface area (Å²) in [5.41, 5.74) is -6.17. The SMILES string of the molecule is C=C(C)C(=O)OC1(C(F)(F)F)OC(C(F)(F)F)C(F)(F)C(O)(C2CCCCC2)C1(F)F. The van der Waals surface area contributed by atoms with Crippen LogP contribution in [0.1, 0.15) is 39.0 Å². The van der Waals surface area contributed by atoms with E-state index in [1.165, 1.54) is 0 Å². The first kappa shape index (κ1) is 25.7. The Bertz CT molecular complexity index is 725. The van der Waals surface area contributed by atoms with Gasteiger partial charge in [0, 0.05) is 11.5 Å². The summed E-state index contributed by atoms with van der Waals surface area (Å²) < 4.78 is 148. The number of carbonyl (C=O) groups is 1. The van der Waals surface area contributed by atoms with Crippen LogP contribution in [0.25, 0.3) is 0 Å². The summed E-state index contributed by atoms with van der Waals surface area (Å²) in [5, 5.41) is 10.4. The van der Waals surface area contributed by atoms with E-state index in [-0.39, 0.29) is 19.3 Å². The Labute approximate surface area is 169 Å². The number of carbonyl (C=O) groups excluding carboxylic acids is 1. The lowest BCUT2D eigenvalue weighted by Crippen LogP contribution is -2.85. The van der Waals surface area contributed by atoms with E-state index in [1.54, 1.807) is 0 Å². The van der Waals surface area contributed by atoms with Crippen LogP contribution in [0.2, 0.25) is 0 Å². The maximum atomic E-state index is 15.3. The lowest BCUT2D eigenvalue weighted by molar-refractivity contribution is -0.537. The van der Waals surface area contributed by atoms with E-state index in [9.17, 15) is 45.0 Å². The van der Waals surface area contributed by atoms with Gasteiger partial charge in [0.05, 0.1) is 0 Å². The van der Waals surface area contributed by atoms with Crippen molar-refractivity contribution in [1.29, 1.82) is 0 Å². The minimum atomic E-state index is -6.66. The summed E-state index contributed by atoms with van der Waals surface area (Å²) in [6, 6.07) is 0. The lowest BCUT2D eigenvalue weighted by atomic mass is 9.65. The van der Waals surface area contributed by atoms with Gasteiger partial charge in [0.15, 0.2) is 0 Å². The fourth-order valence-corrected chi connectivity index (χ4v) is 3.90. The van der Waals surface area contributed by atoms with E-state index in [2.05, 4.69) is 16.1 Å². The van der Waals surface area contributed by atoms with Gasteiger partial charge in [-0.3, -0.25) is 0 Å². The Morgan fingerprint density at radius 1 is 1.03 bits per heavy atom. The summed E-state index contributed by atoms with van der Waals surface area (Å²) >= 11 is 0. The first-order valence-electron chi connectivity index (χ1n) is 8.95. The number of aliphatic hydroxyl groups is 1. The number of hydrogen-bond acceptors (Lipinski definition) is 4. The summed E-state index contributed by atoms with van der Waals surface area (Å²) in [5.74, 6) is -22.7. The van der Waals surface area contributed by atoms with E-state index in [4.69, 9.17) is 0 Å². The van der Waals surface area contributed by atoms with Crippen LogP contribution in [0.3, 0.4) is 0 Å². The molecule has 2 fully saturated rings. The zero-order valence-electron chi connectivity index (χ0n) is 15.8. The van der Waals surface area contributed by atoms with Crippen molar-refractivity contribution in [2.24, 2.45) is 5.92 Å². The number of rotatable bonds is 3. The van der Waals surface area contributed by atoms with Crippen LogP contribution < -0.4 is 0 Å². The van der Waals surface area contributed by atoms with E-state index in [1.807, 2.05) is 0 Å². The molecule has 1 saturated carbocycles. The molecular weight excluding hydrogens is 458 g/mol. The van der Waals surface area contributed by atoms with Crippen molar-refractivity contribution in [2.75, 3.05) is 0 Å². The molecular formula is C17H18F10O4. The predicted molar refractivity (Wildman–Crippen MR) is 82.0 cm³/mol. The maximum Gasteiger partial charge on any atom is 0.462 e. The molecule has 180 valence electrons. The van der Waals surface area contributed by atoms with E-state index >= 15 is 8.78 Å². The first-order valence-corrected chi connectivity index (χ1v) is 8.95. The minimum Gasteiger partial charge on any atom is -0.414 e. The highest BCUT2D eigenvalue weighted by molar-refractivity contribution is 5.87. The molecule has 0 amide bonds. The fraction of sp³-hybridized carbons (Fsp3) is 0.824. The Hall–Kier alpha value is -1.57. The molecule has 14 heteroatoms. The molecule has 1 N–H and O–H groups in total. The maximum absolute atomic E-state index is 15.3. The van der Waals surface area contributed by atoms with Crippen molar-refractivity contribution in [3.63, 3.8) is 0 Å². The monoisotopic (exact) mass is 476 g/mol. The van der Waals surface area contributed by atoms with Gasteiger partial charge in [-0.25, -0.2) is 4.79 Å². The molecule has 0 aromatic heterocycles. The predicted octanol–water partition coefficient (Wildman–Crippen LogP) is 4.91. The molecule has 1 aliphatic heterocycles. The molecule has 0 radical (unpaired) electrons. The van der Waals surface area contributed by atoms with Gasteiger partial charge < -0.3 is 14.6 Å². The van der Waals surface area contributed by atoms with Crippen molar-refractivity contribution < 1.29 is 63.3 Å². The van der Waals surface area contributed by atoms with Crippen LogP contribution in [0.5, 0.6) is 0 Å². The second kappa shape index (κ2) is 7.49. The van der Waals surface area contributed by atoms with Gasteiger partial charge >= 0.3 is 36.0 Å². The molecule has 0 aromatic carbocycles. The molecule has 3 unspecified atom stereocenters. The summed E-state index contributed by atoms with van der Waals surface area (Å²) in [6.07, 6.45) is -19.2. The summed E-state index contributed by atoms with van der Waals surface area (Å²) in [6.45, 7) is 3.51. The Morgan fingerprint density at radius 3 is 1.90 bits per heavy atom. The Kier molecular flexibility index (Phi) is 6.21. The molecule has 2 rings (SSSR count). The molecule has 1 aliphatic carbocycles. The van der Waals surface area contributed by atoms with Gasteiger partial charge in [-0.15, -0.1) is 0 Å². The topological polar surface area (TPSA) is 55.8 Å². The molecule has 31 heavy (non-hydrogen) atoms. The van der Waals surface area contributed by atoms with Gasteiger partial charge in [-0.05, 0) is 19.8 Å².